The average molecular weight is 294 g/mol. The van der Waals surface area contributed by atoms with Gasteiger partial charge in [0, 0.05) is 25.8 Å². The van der Waals surface area contributed by atoms with Crippen LogP contribution in [0, 0.1) is 6.08 Å². The molecule has 1 heteroatoms. The van der Waals surface area contributed by atoms with Gasteiger partial charge in [0.15, 0.2) is 0 Å². The Labute approximate surface area is 79.7 Å². The maximum atomic E-state index is 3.16. The predicted molar refractivity (Wildman–Crippen MR) is 37.9 cm³/mol. The molecule has 0 heterocycles. The van der Waals surface area contributed by atoms with E-state index in [0.717, 1.165) is 6.42 Å². The summed E-state index contributed by atoms with van der Waals surface area (Å²) in [4.78, 5) is 0. The van der Waals surface area contributed by atoms with Crippen molar-refractivity contribution >= 4 is 6.08 Å². The van der Waals surface area contributed by atoms with Gasteiger partial charge in [-0.05, 0) is 0 Å². The Kier molecular flexibility index (Phi) is 2.61. The van der Waals surface area contributed by atoms with Crippen molar-refractivity contribution < 1.29 is 25.8 Å². The molecule has 0 radical (unpaired) electrons. The zero-order valence-corrected chi connectivity index (χ0v) is 9.19. The fourth-order valence-electron chi connectivity index (χ4n) is 1.11. The van der Waals surface area contributed by atoms with E-state index in [1.54, 1.807) is 0 Å². The fourth-order valence-corrected chi connectivity index (χ4v) is 1.11. The molecule has 1 aliphatic carbocycles. The van der Waals surface area contributed by atoms with Crippen LogP contribution in [0.2, 0.25) is 0 Å². The Hall–Kier alpha value is -0.170. The summed E-state index contributed by atoms with van der Waals surface area (Å²) < 4.78 is 0. The van der Waals surface area contributed by atoms with Crippen LogP contribution in [0.4, 0.5) is 0 Å². The van der Waals surface area contributed by atoms with Crippen molar-refractivity contribution in [3.8, 4) is 0 Å². The van der Waals surface area contributed by atoms with Gasteiger partial charge in [-0.25, -0.2) is 6.08 Å². The SMILES string of the molecule is [C-]1=Cc2ccccc2C1.[Hf]. The summed E-state index contributed by atoms with van der Waals surface area (Å²) in [5.74, 6) is 0. The molecule has 0 aliphatic heterocycles. The largest absolute Gasteiger partial charge is 0.272 e. The quantitative estimate of drug-likeness (QED) is 0.507. The predicted octanol–water partition coefficient (Wildman–Crippen LogP) is 2.06. The monoisotopic (exact) mass is 295 g/mol. The summed E-state index contributed by atoms with van der Waals surface area (Å²) in [5.41, 5.74) is 2.73. The van der Waals surface area contributed by atoms with E-state index in [1.165, 1.54) is 11.1 Å². The molecule has 1 aromatic rings. The first-order valence-corrected chi connectivity index (χ1v) is 3.11. The molecule has 1 aliphatic rings. The Bertz CT molecular complexity index is 251. The maximum Gasteiger partial charge on any atom is 0 e. The minimum atomic E-state index is 0. The van der Waals surface area contributed by atoms with Crippen molar-refractivity contribution in [2.75, 3.05) is 0 Å². The smallest absolute Gasteiger partial charge is 0 e. The van der Waals surface area contributed by atoms with Gasteiger partial charge in [-0.2, -0.15) is 5.56 Å². The zero-order valence-electron chi connectivity index (χ0n) is 5.59. The molecule has 0 spiro atoms. The van der Waals surface area contributed by atoms with Crippen LogP contribution in [-0.4, -0.2) is 0 Å². The van der Waals surface area contributed by atoms with Gasteiger partial charge >= 0.3 is 0 Å². The second-order valence-electron chi connectivity index (χ2n) is 2.22. The first kappa shape index (κ1) is 7.93. The van der Waals surface area contributed by atoms with E-state index < -0.39 is 0 Å². The Morgan fingerprint density at radius 1 is 1.20 bits per heavy atom. The third kappa shape index (κ3) is 1.29. The summed E-state index contributed by atoms with van der Waals surface area (Å²) in [7, 11) is 0. The average Bonchev–Trinajstić information content (AvgIpc) is 2.33. The van der Waals surface area contributed by atoms with Gasteiger partial charge in [0.05, 0.1) is 0 Å². The van der Waals surface area contributed by atoms with Crippen molar-refractivity contribution in [3.05, 3.63) is 41.5 Å². The number of benzene rings is 1. The Morgan fingerprint density at radius 2 is 2.00 bits per heavy atom. The second kappa shape index (κ2) is 3.29. The third-order valence-electron chi connectivity index (χ3n) is 1.61. The van der Waals surface area contributed by atoms with E-state index in [4.69, 9.17) is 0 Å². The van der Waals surface area contributed by atoms with Crippen molar-refractivity contribution in [1.82, 2.24) is 0 Å². The Balaban J connectivity index is 0.000000500. The molecule has 0 unspecified atom stereocenters. The summed E-state index contributed by atoms with van der Waals surface area (Å²) in [5, 5.41) is 0. The van der Waals surface area contributed by atoms with Gasteiger partial charge in [0.2, 0.25) is 0 Å². The molecule has 1 aromatic carbocycles. The molecule has 0 bridgehead atoms. The molecule has 48 valence electrons. The van der Waals surface area contributed by atoms with E-state index >= 15 is 0 Å². The summed E-state index contributed by atoms with van der Waals surface area (Å²) in [6, 6.07) is 8.39. The molecule has 0 aromatic heterocycles. The van der Waals surface area contributed by atoms with E-state index in [2.05, 4.69) is 36.4 Å². The van der Waals surface area contributed by atoms with Crippen molar-refractivity contribution in [3.63, 3.8) is 0 Å². The first-order chi connectivity index (χ1) is 4.47. The van der Waals surface area contributed by atoms with Crippen LogP contribution >= 0.6 is 0 Å². The van der Waals surface area contributed by atoms with Gasteiger partial charge in [0.25, 0.3) is 0 Å². The number of hydrogen-bond donors (Lipinski definition) is 0. The second-order valence-corrected chi connectivity index (χ2v) is 2.22. The standard InChI is InChI=1S/C9H7.Hf/c1-2-5-9-7-3-6-8(9)4-1;/h1-2,4-6H,7H2;/q-1;. The van der Waals surface area contributed by atoms with E-state index in [1.807, 2.05) is 0 Å². The van der Waals surface area contributed by atoms with Crippen molar-refractivity contribution in [1.29, 1.82) is 0 Å². The van der Waals surface area contributed by atoms with Gasteiger partial charge < -0.3 is 0 Å². The summed E-state index contributed by atoms with van der Waals surface area (Å²) >= 11 is 0. The molecule has 0 fully saturated rings. The first-order valence-electron chi connectivity index (χ1n) is 3.11. The fraction of sp³-hybridized carbons (Fsp3) is 0.111. The molecular weight excluding hydrogens is 287 g/mol. The van der Waals surface area contributed by atoms with Crippen molar-refractivity contribution in [2.45, 2.75) is 6.42 Å². The zero-order chi connectivity index (χ0) is 6.10. The molecule has 10 heavy (non-hydrogen) atoms. The van der Waals surface area contributed by atoms with Crippen LogP contribution in [0.25, 0.3) is 6.08 Å². The van der Waals surface area contributed by atoms with Crippen LogP contribution in [0.5, 0.6) is 0 Å². The molecule has 0 amide bonds. The minimum absolute atomic E-state index is 0. The Morgan fingerprint density at radius 3 is 2.80 bits per heavy atom. The van der Waals surface area contributed by atoms with Gasteiger partial charge in [-0.1, -0.05) is 18.2 Å². The molecule has 0 saturated carbocycles. The molecule has 0 saturated heterocycles. The van der Waals surface area contributed by atoms with Crippen LogP contribution in [-0.2, 0) is 32.3 Å². The van der Waals surface area contributed by atoms with Crippen molar-refractivity contribution in [2.24, 2.45) is 0 Å². The van der Waals surface area contributed by atoms with Crippen LogP contribution in [0.15, 0.2) is 24.3 Å². The van der Waals surface area contributed by atoms with E-state index in [9.17, 15) is 0 Å². The van der Waals surface area contributed by atoms with E-state index in [-0.39, 0.29) is 25.8 Å². The number of rotatable bonds is 0. The summed E-state index contributed by atoms with van der Waals surface area (Å²) in [6.45, 7) is 0. The topological polar surface area (TPSA) is 0 Å². The summed E-state index contributed by atoms with van der Waals surface area (Å²) in [6.07, 6.45) is 6.21. The molecule has 0 N–H and O–H groups in total. The normalized spacial score (nSPS) is 12.4. The third-order valence-corrected chi connectivity index (χ3v) is 1.61. The minimum Gasteiger partial charge on any atom is -0.272 e. The maximum absolute atomic E-state index is 3.16. The van der Waals surface area contributed by atoms with E-state index in [0.29, 0.717) is 0 Å². The molecule has 0 nitrogen and oxygen atoms in total. The van der Waals surface area contributed by atoms with Gasteiger partial charge in [0.1, 0.15) is 0 Å². The molecule has 0 atom stereocenters. The number of allylic oxidation sites excluding steroid dienone is 1. The van der Waals surface area contributed by atoms with Crippen LogP contribution in [0.3, 0.4) is 0 Å². The van der Waals surface area contributed by atoms with Gasteiger partial charge in [-0.3, -0.25) is 6.08 Å². The molecule has 2 rings (SSSR count). The van der Waals surface area contributed by atoms with Gasteiger partial charge in [-0.15, -0.1) is 18.1 Å². The number of hydrogen-bond acceptors (Lipinski definition) is 0. The van der Waals surface area contributed by atoms with Crippen LogP contribution < -0.4 is 0 Å². The number of fused-ring (bicyclic) bond motifs is 1. The van der Waals surface area contributed by atoms with Crippen LogP contribution in [0.1, 0.15) is 11.1 Å². The molecular formula is C9H7Hf-.